The maximum atomic E-state index is 6.01. The van der Waals surface area contributed by atoms with Crippen molar-refractivity contribution in [2.24, 2.45) is 0 Å². The van der Waals surface area contributed by atoms with Gasteiger partial charge in [0.05, 0.1) is 34.0 Å². The summed E-state index contributed by atoms with van der Waals surface area (Å²) in [5.74, 6) is 0.605. The van der Waals surface area contributed by atoms with Gasteiger partial charge in [0, 0.05) is 13.1 Å². The van der Waals surface area contributed by atoms with Crippen LogP contribution in [0.1, 0.15) is 38.3 Å². The van der Waals surface area contributed by atoms with Gasteiger partial charge in [-0.1, -0.05) is 31.1 Å². The van der Waals surface area contributed by atoms with E-state index in [-0.39, 0.29) is 0 Å². The molecule has 1 aliphatic rings. The molecule has 2 rings (SSSR count). The third kappa shape index (κ3) is 4.85. The number of rotatable bonds is 7. The summed E-state index contributed by atoms with van der Waals surface area (Å²) in [6.45, 7) is 4.50. The van der Waals surface area contributed by atoms with Crippen molar-refractivity contribution in [3.63, 3.8) is 0 Å². The lowest BCUT2D eigenvalue weighted by Crippen LogP contribution is -2.25. The Morgan fingerprint density at radius 2 is 2.19 bits per heavy atom. The first-order valence-corrected chi connectivity index (χ1v) is 8.16. The van der Waals surface area contributed by atoms with Crippen LogP contribution in [0.25, 0.3) is 5.57 Å². The molecule has 0 fully saturated rings. The van der Waals surface area contributed by atoms with Gasteiger partial charge in [0.25, 0.3) is 5.88 Å². The fourth-order valence-corrected chi connectivity index (χ4v) is 3.00. The van der Waals surface area contributed by atoms with Crippen molar-refractivity contribution < 1.29 is 4.74 Å². The lowest BCUT2D eigenvalue weighted by atomic mass is 9.51. The standard InChI is InChI=1S/C14H21B2N3OS/c1-3-6-14(15,16)7-9-20-13-12(17-21-18-13)11-5-4-8-19(2)10-11/h5H,3-4,6-10H2,1-2H3. The van der Waals surface area contributed by atoms with Gasteiger partial charge in [-0.15, -0.1) is 4.37 Å². The number of hydrogen-bond acceptors (Lipinski definition) is 5. The largest absolute Gasteiger partial charge is 0.476 e. The molecule has 0 spiro atoms. The minimum absolute atomic E-state index is 0.467. The maximum Gasteiger partial charge on any atom is 0.253 e. The van der Waals surface area contributed by atoms with Crippen molar-refractivity contribution in [2.75, 3.05) is 26.7 Å². The molecule has 0 amide bonds. The number of nitrogens with zero attached hydrogens (tertiary/aromatic N) is 3. The highest BCUT2D eigenvalue weighted by atomic mass is 32.1. The average molecular weight is 301 g/mol. The first kappa shape index (κ1) is 16.6. The summed E-state index contributed by atoms with van der Waals surface area (Å²) < 4.78 is 14.4. The van der Waals surface area contributed by atoms with Gasteiger partial charge >= 0.3 is 0 Å². The van der Waals surface area contributed by atoms with Crippen molar-refractivity contribution in [1.29, 1.82) is 0 Å². The second-order valence-corrected chi connectivity index (χ2v) is 6.28. The highest BCUT2D eigenvalue weighted by Gasteiger charge is 2.20. The number of likely N-dealkylation sites (N-methyl/N-ethyl adjacent to an activating group) is 1. The second-order valence-electron chi connectivity index (χ2n) is 5.76. The van der Waals surface area contributed by atoms with Gasteiger partial charge in [-0.05, 0) is 25.5 Å². The van der Waals surface area contributed by atoms with Crippen molar-refractivity contribution in [1.82, 2.24) is 13.6 Å². The zero-order valence-corrected chi connectivity index (χ0v) is 13.7. The lowest BCUT2D eigenvalue weighted by Gasteiger charge is -2.25. The average Bonchev–Trinajstić information content (AvgIpc) is 2.87. The molecule has 0 N–H and O–H groups in total. The Morgan fingerprint density at radius 1 is 1.38 bits per heavy atom. The Labute approximate surface area is 134 Å². The molecule has 0 bridgehead atoms. The summed E-state index contributed by atoms with van der Waals surface area (Å²) in [6.07, 6.45) is 5.62. The smallest absolute Gasteiger partial charge is 0.253 e. The highest BCUT2D eigenvalue weighted by molar-refractivity contribution is 6.99. The van der Waals surface area contributed by atoms with E-state index in [2.05, 4.69) is 33.7 Å². The second kappa shape index (κ2) is 7.45. The van der Waals surface area contributed by atoms with Gasteiger partial charge < -0.3 is 9.64 Å². The highest BCUT2D eigenvalue weighted by Crippen LogP contribution is 2.30. The van der Waals surface area contributed by atoms with Crippen molar-refractivity contribution in [3.8, 4) is 5.88 Å². The summed E-state index contributed by atoms with van der Waals surface area (Å²) in [5.41, 5.74) is 2.05. The zero-order valence-electron chi connectivity index (χ0n) is 12.8. The molecule has 1 aromatic rings. The molecule has 0 aliphatic carbocycles. The van der Waals surface area contributed by atoms with Crippen LogP contribution < -0.4 is 4.74 Å². The molecule has 110 valence electrons. The molecule has 0 atom stereocenters. The number of ether oxygens (including phenoxy) is 1. The summed E-state index contributed by atoms with van der Waals surface area (Å²) >= 11 is 1.18. The van der Waals surface area contributed by atoms with E-state index in [1.54, 1.807) is 0 Å². The van der Waals surface area contributed by atoms with E-state index in [1.165, 1.54) is 17.3 Å². The summed E-state index contributed by atoms with van der Waals surface area (Å²) in [7, 11) is 14.1. The van der Waals surface area contributed by atoms with E-state index < -0.39 is 5.21 Å². The van der Waals surface area contributed by atoms with Crippen LogP contribution in [0.4, 0.5) is 0 Å². The lowest BCUT2D eigenvalue weighted by molar-refractivity contribution is 0.289. The molecule has 2 heterocycles. The Kier molecular flexibility index (Phi) is 5.88. The van der Waals surface area contributed by atoms with Gasteiger partial charge in [0.2, 0.25) is 0 Å². The maximum absolute atomic E-state index is 6.01. The summed E-state index contributed by atoms with van der Waals surface area (Å²) in [6, 6.07) is 0. The first-order chi connectivity index (χ1) is 10.0. The normalized spacial score (nSPS) is 16.8. The van der Waals surface area contributed by atoms with Gasteiger partial charge in [-0.2, -0.15) is 4.37 Å². The molecule has 0 saturated carbocycles. The Bertz CT molecular complexity index is 490. The number of aromatic nitrogens is 2. The third-order valence-electron chi connectivity index (χ3n) is 3.63. The molecule has 1 aliphatic heterocycles. The molecule has 21 heavy (non-hydrogen) atoms. The van der Waals surface area contributed by atoms with E-state index >= 15 is 0 Å². The minimum atomic E-state index is -0.664. The van der Waals surface area contributed by atoms with Crippen LogP contribution in [0.15, 0.2) is 6.08 Å². The minimum Gasteiger partial charge on any atom is -0.476 e. The van der Waals surface area contributed by atoms with Crippen molar-refractivity contribution in [2.45, 2.75) is 37.8 Å². The topological polar surface area (TPSA) is 38.3 Å². The van der Waals surface area contributed by atoms with Crippen LogP contribution in [0.3, 0.4) is 0 Å². The molecule has 7 heteroatoms. The first-order valence-electron chi connectivity index (χ1n) is 7.43. The van der Waals surface area contributed by atoms with E-state index in [4.69, 9.17) is 20.4 Å². The fraction of sp³-hybridized carbons (Fsp3) is 0.714. The Hall–Kier alpha value is -0.810. The van der Waals surface area contributed by atoms with Crippen LogP contribution in [-0.2, 0) is 0 Å². The molecular formula is C14H21B2N3OS. The van der Waals surface area contributed by atoms with Crippen molar-refractivity contribution in [3.05, 3.63) is 11.8 Å². The van der Waals surface area contributed by atoms with E-state index in [0.717, 1.165) is 38.0 Å². The molecule has 1 aromatic heterocycles. The number of hydrogen-bond donors (Lipinski definition) is 0. The SMILES string of the molecule is [B]C([B])(CCC)CCOc1nsnc1C1=CCCN(C)C1. The van der Waals surface area contributed by atoms with Gasteiger partial charge in [-0.3, -0.25) is 0 Å². The van der Waals surface area contributed by atoms with Gasteiger partial charge in [-0.25, -0.2) is 0 Å². The van der Waals surface area contributed by atoms with E-state index in [1.807, 2.05) is 0 Å². The predicted molar refractivity (Wildman–Crippen MR) is 89.2 cm³/mol. The molecule has 0 saturated heterocycles. The van der Waals surface area contributed by atoms with Gasteiger partial charge in [0.15, 0.2) is 0 Å². The van der Waals surface area contributed by atoms with E-state index in [9.17, 15) is 0 Å². The van der Waals surface area contributed by atoms with Crippen molar-refractivity contribution >= 4 is 33.0 Å². The van der Waals surface area contributed by atoms with E-state index in [0.29, 0.717) is 18.9 Å². The zero-order chi connectivity index (χ0) is 15.3. The Balaban J connectivity index is 1.93. The molecule has 4 radical (unpaired) electrons. The van der Waals surface area contributed by atoms with Crippen LogP contribution in [0, 0.1) is 0 Å². The summed E-state index contributed by atoms with van der Waals surface area (Å²) in [5, 5.41) is -0.664. The van der Waals surface area contributed by atoms with Crippen LogP contribution >= 0.6 is 11.7 Å². The molecule has 0 aromatic carbocycles. The predicted octanol–water partition coefficient (Wildman–Crippen LogP) is 2.28. The summed E-state index contributed by atoms with van der Waals surface area (Å²) in [4.78, 5) is 2.27. The fourth-order valence-electron chi connectivity index (χ4n) is 2.46. The molecule has 4 nitrogen and oxygen atoms in total. The van der Waals surface area contributed by atoms with Gasteiger partial charge in [0.1, 0.15) is 5.69 Å². The third-order valence-corrected chi connectivity index (χ3v) is 4.14. The van der Waals surface area contributed by atoms with Crippen LogP contribution in [0.2, 0.25) is 5.21 Å². The quantitative estimate of drug-likeness (QED) is 0.724. The Morgan fingerprint density at radius 3 is 2.90 bits per heavy atom. The van der Waals surface area contributed by atoms with Crippen LogP contribution in [0.5, 0.6) is 5.88 Å². The molecule has 0 unspecified atom stereocenters. The molecular weight excluding hydrogens is 280 g/mol. The van der Waals surface area contributed by atoms with Crippen LogP contribution in [-0.4, -0.2) is 56.1 Å². The monoisotopic (exact) mass is 301 g/mol.